The van der Waals surface area contributed by atoms with Crippen LogP contribution in [-0.2, 0) is 9.53 Å². The summed E-state index contributed by atoms with van der Waals surface area (Å²) in [4.78, 5) is 12.1. The van der Waals surface area contributed by atoms with E-state index in [1.807, 2.05) is 0 Å². The average molecular weight is 310 g/mol. The molecule has 0 aliphatic heterocycles. The zero-order valence-corrected chi connectivity index (χ0v) is 14.1. The van der Waals surface area contributed by atoms with E-state index in [9.17, 15) is 4.79 Å². The Labute approximate surface area is 135 Å². The monoisotopic (exact) mass is 310 g/mol. The van der Waals surface area contributed by atoms with E-state index in [0.717, 1.165) is 32.4 Å². The topological polar surface area (TPSA) is 64.4 Å². The minimum Gasteiger partial charge on any atom is -0.378 e. The van der Waals surface area contributed by atoms with E-state index in [2.05, 4.69) is 5.32 Å². The van der Waals surface area contributed by atoms with Gasteiger partial charge in [0.25, 0.3) is 0 Å². The van der Waals surface area contributed by atoms with Gasteiger partial charge in [-0.05, 0) is 44.1 Å². The van der Waals surface area contributed by atoms with Gasteiger partial charge in [-0.25, -0.2) is 0 Å². The van der Waals surface area contributed by atoms with E-state index in [4.69, 9.17) is 10.5 Å². The SMILES string of the molecule is NCC1(CC(=O)NCCCOC2CCCCC2)CCCCC1. The average Bonchev–Trinajstić information content (AvgIpc) is 2.56. The van der Waals surface area contributed by atoms with Gasteiger partial charge < -0.3 is 15.8 Å². The number of amides is 1. The first-order valence-electron chi connectivity index (χ1n) is 9.32. The van der Waals surface area contributed by atoms with Crippen LogP contribution in [0.4, 0.5) is 0 Å². The van der Waals surface area contributed by atoms with Crippen LogP contribution < -0.4 is 11.1 Å². The second-order valence-corrected chi connectivity index (χ2v) is 7.28. The molecule has 0 atom stereocenters. The lowest BCUT2D eigenvalue weighted by atomic mass is 9.71. The molecule has 0 aromatic heterocycles. The van der Waals surface area contributed by atoms with Crippen LogP contribution in [0.25, 0.3) is 0 Å². The summed E-state index contributed by atoms with van der Waals surface area (Å²) in [7, 11) is 0. The molecule has 0 unspecified atom stereocenters. The molecule has 0 saturated heterocycles. The molecular weight excluding hydrogens is 276 g/mol. The molecule has 0 aromatic carbocycles. The van der Waals surface area contributed by atoms with Crippen molar-refractivity contribution < 1.29 is 9.53 Å². The van der Waals surface area contributed by atoms with Crippen molar-refractivity contribution in [3.63, 3.8) is 0 Å². The fourth-order valence-corrected chi connectivity index (χ4v) is 3.94. The molecule has 0 bridgehead atoms. The molecule has 1 amide bonds. The van der Waals surface area contributed by atoms with Crippen molar-refractivity contribution in [3.8, 4) is 0 Å². The largest absolute Gasteiger partial charge is 0.378 e. The highest BCUT2D eigenvalue weighted by molar-refractivity contribution is 5.76. The number of rotatable bonds is 8. The van der Waals surface area contributed by atoms with Crippen LogP contribution in [0.3, 0.4) is 0 Å². The van der Waals surface area contributed by atoms with E-state index in [0.29, 0.717) is 19.1 Å². The zero-order chi connectivity index (χ0) is 15.7. The van der Waals surface area contributed by atoms with Gasteiger partial charge in [-0.15, -0.1) is 0 Å². The molecule has 4 nitrogen and oxygen atoms in total. The Morgan fingerprint density at radius 1 is 1.09 bits per heavy atom. The Balaban J connectivity index is 1.55. The van der Waals surface area contributed by atoms with Gasteiger partial charge in [-0.2, -0.15) is 0 Å². The molecule has 0 spiro atoms. The maximum atomic E-state index is 12.1. The van der Waals surface area contributed by atoms with Crippen LogP contribution in [0.2, 0.25) is 0 Å². The molecule has 2 rings (SSSR count). The summed E-state index contributed by atoms with van der Waals surface area (Å²) in [6.45, 7) is 2.14. The Hall–Kier alpha value is -0.610. The summed E-state index contributed by atoms with van der Waals surface area (Å²) in [6, 6.07) is 0. The van der Waals surface area contributed by atoms with Gasteiger partial charge in [0, 0.05) is 19.6 Å². The number of nitrogens with one attached hydrogen (secondary N) is 1. The molecular formula is C18H34N2O2. The quantitative estimate of drug-likeness (QED) is 0.677. The van der Waals surface area contributed by atoms with Crippen LogP contribution in [0, 0.1) is 5.41 Å². The third kappa shape index (κ3) is 5.88. The highest BCUT2D eigenvalue weighted by Gasteiger charge is 2.32. The van der Waals surface area contributed by atoms with Gasteiger partial charge in [0.15, 0.2) is 0 Å². The highest BCUT2D eigenvalue weighted by Crippen LogP contribution is 2.38. The predicted molar refractivity (Wildman–Crippen MR) is 89.6 cm³/mol. The maximum Gasteiger partial charge on any atom is 0.220 e. The summed E-state index contributed by atoms with van der Waals surface area (Å²) in [5.41, 5.74) is 6.02. The van der Waals surface area contributed by atoms with Crippen molar-refractivity contribution in [1.29, 1.82) is 0 Å². The molecule has 4 heteroatoms. The maximum absolute atomic E-state index is 12.1. The van der Waals surface area contributed by atoms with Crippen LogP contribution >= 0.6 is 0 Å². The van der Waals surface area contributed by atoms with Gasteiger partial charge in [-0.1, -0.05) is 38.5 Å². The van der Waals surface area contributed by atoms with Gasteiger partial charge in [0.1, 0.15) is 0 Å². The van der Waals surface area contributed by atoms with Crippen molar-refractivity contribution in [2.75, 3.05) is 19.7 Å². The summed E-state index contributed by atoms with van der Waals surface area (Å²) in [6.07, 6.45) is 14.4. The summed E-state index contributed by atoms with van der Waals surface area (Å²) < 4.78 is 5.88. The lowest BCUT2D eigenvalue weighted by molar-refractivity contribution is -0.123. The van der Waals surface area contributed by atoms with Crippen LogP contribution in [0.5, 0.6) is 0 Å². The lowest BCUT2D eigenvalue weighted by Crippen LogP contribution is -2.39. The zero-order valence-electron chi connectivity index (χ0n) is 14.1. The first-order chi connectivity index (χ1) is 10.7. The second kappa shape index (κ2) is 9.51. The number of hydrogen-bond donors (Lipinski definition) is 2. The number of carbonyl (C=O) groups is 1. The van der Waals surface area contributed by atoms with E-state index >= 15 is 0 Å². The van der Waals surface area contributed by atoms with Crippen LogP contribution in [0.1, 0.15) is 77.0 Å². The Bertz CT molecular complexity index is 321. The summed E-state index contributed by atoms with van der Waals surface area (Å²) in [5.74, 6) is 0.171. The number of carbonyl (C=O) groups excluding carboxylic acids is 1. The van der Waals surface area contributed by atoms with E-state index in [1.165, 1.54) is 51.4 Å². The number of hydrogen-bond acceptors (Lipinski definition) is 3. The number of ether oxygens (including phenoxy) is 1. The first kappa shape index (κ1) is 17.7. The fraction of sp³-hybridized carbons (Fsp3) is 0.944. The molecule has 2 saturated carbocycles. The molecule has 2 aliphatic rings. The minimum absolute atomic E-state index is 0.0704. The van der Waals surface area contributed by atoms with Crippen LogP contribution in [-0.4, -0.2) is 31.7 Å². The second-order valence-electron chi connectivity index (χ2n) is 7.28. The smallest absolute Gasteiger partial charge is 0.220 e. The fourth-order valence-electron chi connectivity index (χ4n) is 3.94. The van der Waals surface area contributed by atoms with Crippen molar-refractivity contribution in [3.05, 3.63) is 0 Å². The molecule has 3 N–H and O–H groups in total. The van der Waals surface area contributed by atoms with Crippen molar-refractivity contribution in [1.82, 2.24) is 5.32 Å². The first-order valence-corrected chi connectivity index (χ1v) is 9.32. The molecule has 2 aliphatic carbocycles. The molecule has 0 radical (unpaired) electrons. The predicted octanol–water partition coefficient (Wildman–Crippen LogP) is 3.14. The molecule has 0 heterocycles. The minimum atomic E-state index is 0.0704. The standard InChI is InChI=1S/C18H34N2O2/c19-15-18(10-5-2-6-11-18)14-17(21)20-12-7-13-22-16-8-3-1-4-9-16/h16H,1-15,19H2,(H,20,21). The molecule has 22 heavy (non-hydrogen) atoms. The normalized spacial score (nSPS) is 22.4. The van der Waals surface area contributed by atoms with E-state index in [-0.39, 0.29) is 11.3 Å². The van der Waals surface area contributed by atoms with Gasteiger partial charge in [0.2, 0.25) is 5.91 Å². The van der Waals surface area contributed by atoms with Gasteiger partial charge in [-0.3, -0.25) is 4.79 Å². The van der Waals surface area contributed by atoms with E-state index in [1.54, 1.807) is 0 Å². The molecule has 2 fully saturated rings. The summed E-state index contributed by atoms with van der Waals surface area (Å²) >= 11 is 0. The summed E-state index contributed by atoms with van der Waals surface area (Å²) in [5, 5.41) is 3.05. The Kier molecular flexibility index (Phi) is 7.67. The van der Waals surface area contributed by atoms with Gasteiger partial charge in [0.05, 0.1) is 6.10 Å². The van der Waals surface area contributed by atoms with Gasteiger partial charge >= 0.3 is 0 Å². The van der Waals surface area contributed by atoms with Crippen molar-refractivity contribution in [2.45, 2.75) is 83.2 Å². The third-order valence-electron chi connectivity index (χ3n) is 5.43. The molecule has 0 aromatic rings. The highest BCUT2D eigenvalue weighted by atomic mass is 16.5. The third-order valence-corrected chi connectivity index (χ3v) is 5.43. The Morgan fingerprint density at radius 2 is 1.77 bits per heavy atom. The lowest BCUT2D eigenvalue weighted by Gasteiger charge is -2.35. The Morgan fingerprint density at radius 3 is 2.45 bits per heavy atom. The van der Waals surface area contributed by atoms with Crippen LogP contribution in [0.15, 0.2) is 0 Å². The molecule has 128 valence electrons. The van der Waals surface area contributed by atoms with E-state index < -0.39 is 0 Å². The van der Waals surface area contributed by atoms with Crippen molar-refractivity contribution in [2.24, 2.45) is 11.1 Å². The van der Waals surface area contributed by atoms with Crippen molar-refractivity contribution >= 4 is 5.91 Å². The number of nitrogens with two attached hydrogens (primary N) is 1.